The molecule has 0 radical (unpaired) electrons. The van der Waals surface area contributed by atoms with Crippen molar-refractivity contribution in [3.63, 3.8) is 0 Å². The van der Waals surface area contributed by atoms with Crippen molar-refractivity contribution in [1.82, 2.24) is 14.7 Å². The third-order valence-electron chi connectivity index (χ3n) is 3.74. The number of halogens is 1. The second-order valence-corrected chi connectivity index (χ2v) is 5.62. The summed E-state index contributed by atoms with van der Waals surface area (Å²) in [7, 11) is 0. The van der Waals surface area contributed by atoms with Crippen LogP contribution >= 0.6 is 11.6 Å². The molecule has 0 saturated heterocycles. The van der Waals surface area contributed by atoms with Gasteiger partial charge in [0.05, 0.1) is 16.8 Å². The fraction of sp³-hybridized carbons (Fsp3) is 0.500. The molecular weight excluding hydrogens is 262 g/mol. The number of hydrogen-bond acceptors (Lipinski definition) is 3. The molecule has 0 spiro atoms. The van der Waals surface area contributed by atoms with Gasteiger partial charge in [-0.15, -0.1) is 0 Å². The molecule has 1 saturated carbocycles. The van der Waals surface area contributed by atoms with Gasteiger partial charge in [0.15, 0.2) is 0 Å². The van der Waals surface area contributed by atoms with E-state index in [4.69, 9.17) is 11.6 Å². The highest BCUT2D eigenvalue weighted by Gasteiger charge is 2.22. The highest BCUT2D eigenvalue weighted by atomic mass is 35.5. The average molecular weight is 280 g/mol. The molecule has 1 aliphatic carbocycles. The van der Waals surface area contributed by atoms with Crippen LogP contribution in [-0.2, 0) is 6.54 Å². The molecule has 2 heterocycles. The molecular formula is C14H18ClN3O. The minimum Gasteiger partial charge on any atom is -0.392 e. The first-order valence-electron chi connectivity index (χ1n) is 6.77. The maximum Gasteiger partial charge on any atom is 0.137 e. The zero-order chi connectivity index (χ0) is 13.2. The fourth-order valence-electron chi connectivity index (χ4n) is 2.69. The van der Waals surface area contributed by atoms with Crippen LogP contribution in [0.15, 0.2) is 24.5 Å². The molecule has 0 aromatic carbocycles. The zero-order valence-electron chi connectivity index (χ0n) is 10.7. The van der Waals surface area contributed by atoms with Crippen LogP contribution in [0.2, 0.25) is 5.02 Å². The Morgan fingerprint density at radius 1 is 1.32 bits per heavy atom. The lowest BCUT2D eigenvalue weighted by Crippen LogP contribution is -2.41. The Morgan fingerprint density at radius 3 is 3.00 bits per heavy atom. The second-order valence-electron chi connectivity index (χ2n) is 5.18. The van der Waals surface area contributed by atoms with Gasteiger partial charge in [0.2, 0.25) is 0 Å². The van der Waals surface area contributed by atoms with E-state index in [9.17, 15) is 5.11 Å². The van der Waals surface area contributed by atoms with E-state index in [0.717, 1.165) is 30.6 Å². The summed E-state index contributed by atoms with van der Waals surface area (Å²) in [5.74, 6) is 0. The molecule has 4 nitrogen and oxygen atoms in total. The topological polar surface area (TPSA) is 49.6 Å². The van der Waals surface area contributed by atoms with Gasteiger partial charge in [-0.2, -0.15) is 0 Å². The molecule has 2 atom stereocenters. The summed E-state index contributed by atoms with van der Waals surface area (Å²) >= 11 is 5.95. The van der Waals surface area contributed by atoms with Crippen LogP contribution < -0.4 is 5.32 Å². The molecule has 1 fully saturated rings. The Hall–Kier alpha value is -1.10. The maximum absolute atomic E-state index is 9.92. The van der Waals surface area contributed by atoms with Gasteiger partial charge in [0.1, 0.15) is 5.65 Å². The number of nitrogens with zero attached hydrogens (tertiary/aromatic N) is 2. The normalized spacial score (nSPS) is 23.9. The van der Waals surface area contributed by atoms with Crippen LogP contribution in [0.1, 0.15) is 31.4 Å². The van der Waals surface area contributed by atoms with Crippen LogP contribution in [0.5, 0.6) is 0 Å². The molecule has 2 aromatic heterocycles. The van der Waals surface area contributed by atoms with E-state index < -0.39 is 0 Å². The molecule has 1 aliphatic rings. The van der Waals surface area contributed by atoms with Gasteiger partial charge in [0.25, 0.3) is 0 Å². The number of fused-ring (bicyclic) bond motifs is 1. The molecule has 19 heavy (non-hydrogen) atoms. The first kappa shape index (κ1) is 12.9. The zero-order valence-corrected chi connectivity index (χ0v) is 11.5. The van der Waals surface area contributed by atoms with Crippen LogP contribution in [0.3, 0.4) is 0 Å². The Bertz CT molecular complexity index is 569. The molecule has 2 unspecified atom stereocenters. The predicted octanol–water partition coefficient (Wildman–Crippen LogP) is 2.38. The van der Waals surface area contributed by atoms with Gasteiger partial charge in [-0.1, -0.05) is 24.4 Å². The van der Waals surface area contributed by atoms with E-state index in [-0.39, 0.29) is 12.1 Å². The van der Waals surface area contributed by atoms with Crippen molar-refractivity contribution in [2.24, 2.45) is 0 Å². The van der Waals surface area contributed by atoms with Gasteiger partial charge in [0, 0.05) is 25.0 Å². The quantitative estimate of drug-likeness (QED) is 0.907. The number of rotatable bonds is 3. The monoisotopic (exact) mass is 279 g/mol. The van der Waals surface area contributed by atoms with E-state index in [2.05, 4.69) is 10.3 Å². The molecule has 0 bridgehead atoms. The summed E-state index contributed by atoms with van der Waals surface area (Å²) in [6.07, 6.45) is 7.87. The summed E-state index contributed by atoms with van der Waals surface area (Å²) < 4.78 is 1.93. The second kappa shape index (κ2) is 5.49. The number of pyridine rings is 1. The standard InChI is InChI=1S/C14H18ClN3O/c15-10-5-6-14-17-11(9-18(14)8-10)7-16-12-3-1-2-4-13(12)19/h5-6,8-9,12-13,16,19H,1-4,7H2. The van der Waals surface area contributed by atoms with Crippen molar-refractivity contribution in [3.05, 3.63) is 35.2 Å². The average Bonchev–Trinajstić information content (AvgIpc) is 2.79. The van der Waals surface area contributed by atoms with Crippen LogP contribution in [-0.4, -0.2) is 26.6 Å². The van der Waals surface area contributed by atoms with E-state index >= 15 is 0 Å². The SMILES string of the molecule is OC1CCCCC1NCc1cn2cc(Cl)ccc2n1. The number of nitrogens with one attached hydrogen (secondary N) is 1. The van der Waals surface area contributed by atoms with Crippen LogP contribution in [0, 0.1) is 0 Å². The Morgan fingerprint density at radius 2 is 2.16 bits per heavy atom. The van der Waals surface area contributed by atoms with Crippen LogP contribution in [0.4, 0.5) is 0 Å². The van der Waals surface area contributed by atoms with Crippen molar-refractivity contribution in [2.45, 2.75) is 44.4 Å². The van der Waals surface area contributed by atoms with Crippen LogP contribution in [0.25, 0.3) is 5.65 Å². The summed E-state index contributed by atoms with van der Waals surface area (Å²) in [4.78, 5) is 4.52. The maximum atomic E-state index is 9.92. The molecule has 3 rings (SSSR count). The van der Waals surface area contributed by atoms with E-state index in [0.29, 0.717) is 11.6 Å². The van der Waals surface area contributed by atoms with E-state index in [1.54, 1.807) is 0 Å². The van der Waals surface area contributed by atoms with Gasteiger partial charge < -0.3 is 14.8 Å². The van der Waals surface area contributed by atoms with Gasteiger partial charge in [-0.25, -0.2) is 4.98 Å². The summed E-state index contributed by atoms with van der Waals surface area (Å²) in [6, 6.07) is 3.94. The van der Waals surface area contributed by atoms with Crippen molar-refractivity contribution >= 4 is 17.2 Å². The summed E-state index contributed by atoms with van der Waals surface area (Å²) in [5.41, 5.74) is 1.87. The number of aliphatic hydroxyl groups excluding tert-OH is 1. The predicted molar refractivity (Wildman–Crippen MR) is 75.3 cm³/mol. The molecule has 2 N–H and O–H groups in total. The van der Waals surface area contributed by atoms with E-state index in [1.165, 1.54) is 6.42 Å². The number of hydrogen-bond donors (Lipinski definition) is 2. The highest BCUT2D eigenvalue weighted by molar-refractivity contribution is 6.30. The van der Waals surface area contributed by atoms with Crippen molar-refractivity contribution in [3.8, 4) is 0 Å². The fourth-order valence-corrected chi connectivity index (χ4v) is 2.86. The molecule has 102 valence electrons. The number of aliphatic hydroxyl groups is 1. The third kappa shape index (κ3) is 2.91. The Balaban J connectivity index is 1.68. The van der Waals surface area contributed by atoms with Crippen molar-refractivity contribution in [1.29, 1.82) is 0 Å². The lowest BCUT2D eigenvalue weighted by Gasteiger charge is -2.28. The first-order chi connectivity index (χ1) is 9.22. The Labute approximate surface area is 117 Å². The minimum absolute atomic E-state index is 0.196. The van der Waals surface area contributed by atoms with E-state index in [1.807, 2.05) is 28.9 Å². The first-order valence-corrected chi connectivity index (χ1v) is 7.15. The minimum atomic E-state index is -0.222. The third-order valence-corrected chi connectivity index (χ3v) is 3.96. The largest absolute Gasteiger partial charge is 0.392 e. The molecule has 2 aromatic rings. The lowest BCUT2D eigenvalue weighted by atomic mass is 9.92. The highest BCUT2D eigenvalue weighted by Crippen LogP contribution is 2.19. The smallest absolute Gasteiger partial charge is 0.137 e. The lowest BCUT2D eigenvalue weighted by molar-refractivity contribution is 0.0901. The van der Waals surface area contributed by atoms with Crippen molar-refractivity contribution in [2.75, 3.05) is 0 Å². The summed E-state index contributed by atoms with van der Waals surface area (Å²) in [6.45, 7) is 0.682. The van der Waals surface area contributed by atoms with Gasteiger partial charge in [-0.05, 0) is 25.0 Å². The molecule has 0 amide bonds. The number of imidazole rings is 1. The summed E-state index contributed by atoms with van der Waals surface area (Å²) in [5, 5.41) is 14.0. The molecule has 0 aliphatic heterocycles. The Kier molecular flexibility index (Phi) is 3.73. The van der Waals surface area contributed by atoms with Gasteiger partial charge >= 0.3 is 0 Å². The molecule has 5 heteroatoms. The number of aromatic nitrogens is 2. The van der Waals surface area contributed by atoms with Gasteiger partial charge in [-0.3, -0.25) is 0 Å². The van der Waals surface area contributed by atoms with Crippen molar-refractivity contribution < 1.29 is 5.11 Å².